The molecule has 0 aliphatic carbocycles. The Kier molecular flexibility index (Phi) is 3.88. The Morgan fingerprint density at radius 3 is 2.57 bits per heavy atom. The van der Waals surface area contributed by atoms with Crippen LogP contribution in [0, 0.1) is 0 Å². The first-order chi connectivity index (χ1) is 11.0. The van der Waals surface area contributed by atoms with Crippen LogP contribution >= 0.6 is 0 Å². The molecule has 3 N–H and O–H groups in total. The molecule has 2 aromatic carbocycles. The summed E-state index contributed by atoms with van der Waals surface area (Å²) >= 11 is 0. The minimum Gasteiger partial charge on any atom is -0.398 e. The van der Waals surface area contributed by atoms with E-state index in [4.69, 9.17) is 5.73 Å². The maximum Gasteiger partial charge on any atom is 0.254 e. The second kappa shape index (κ2) is 5.85. The van der Waals surface area contributed by atoms with Gasteiger partial charge in [0.1, 0.15) is 0 Å². The van der Waals surface area contributed by atoms with Crippen molar-refractivity contribution in [3.05, 3.63) is 48.0 Å². The number of hydrogen-bond acceptors (Lipinski definition) is 4. The molecule has 5 nitrogen and oxygen atoms in total. The molecule has 0 saturated carbocycles. The molecular formula is C18H20N4O. The van der Waals surface area contributed by atoms with Crippen molar-refractivity contribution in [2.24, 2.45) is 0 Å². The zero-order chi connectivity index (χ0) is 16.6. The molecule has 1 atom stereocenters. The number of carbonyl (C=O) groups is 1. The average Bonchev–Trinajstić information content (AvgIpc) is 2.54. The summed E-state index contributed by atoms with van der Waals surface area (Å²) in [6.45, 7) is 1.93. The lowest BCUT2D eigenvalue weighted by Crippen LogP contribution is -2.42. The van der Waals surface area contributed by atoms with Gasteiger partial charge >= 0.3 is 0 Å². The van der Waals surface area contributed by atoms with Gasteiger partial charge in [0.15, 0.2) is 0 Å². The van der Waals surface area contributed by atoms with Crippen molar-refractivity contribution in [1.82, 2.24) is 15.2 Å². The number of nitrogen functional groups attached to an aromatic ring is 1. The van der Waals surface area contributed by atoms with Crippen LogP contribution in [0.25, 0.3) is 21.8 Å². The highest BCUT2D eigenvalue weighted by Crippen LogP contribution is 2.29. The number of para-hydroxylation sites is 2. The quantitative estimate of drug-likeness (QED) is 0.576. The van der Waals surface area contributed by atoms with Gasteiger partial charge in [-0.3, -0.25) is 9.69 Å². The number of benzene rings is 2. The molecule has 1 aromatic heterocycles. The largest absolute Gasteiger partial charge is 0.398 e. The van der Waals surface area contributed by atoms with Crippen LogP contribution in [0.1, 0.15) is 17.3 Å². The van der Waals surface area contributed by atoms with Gasteiger partial charge in [0.2, 0.25) is 0 Å². The number of nitrogens with two attached hydrogens (primary N) is 1. The minimum atomic E-state index is -0.154. The lowest BCUT2D eigenvalue weighted by atomic mass is 10.0. The Labute approximate surface area is 135 Å². The Morgan fingerprint density at radius 2 is 1.83 bits per heavy atom. The van der Waals surface area contributed by atoms with Crippen molar-refractivity contribution in [1.29, 1.82) is 0 Å². The van der Waals surface area contributed by atoms with Crippen LogP contribution in [0.4, 0.5) is 5.69 Å². The normalized spacial score (nSPS) is 12.7. The minimum absolute atomic E-state index is 0.0736. The van der Waals surface area contributed by atoms with Crippen LogP contribution in [0.2, 0.25) is 0 Å². The smallest absolute Gasteiger partial charge is 0.254 e. The molecule has 1 unspecified atom stereocenters. The van der Waals surface area contributed by atoms with E-state index in [1.807, 2.05) is 62.3 Å². The second-order valence-electron chi connectivity index (χ2n) is 5.86. The van der Waals surface area contributed by atoms with Crippen LogP contribution < -0.4 is 11.1 Å². The lowest BCUT2D eigenvalue weighted by molar-refractivity contribution is 0.0902. The number of anilines is 1. The molecular weight excluding hydrogens is 288 g/mol. The van der Waals surface area contributed by atoms with E-state index in [1.54, 1.807) is 6.07 Å². The van der Waals surface area contributed by atoms with Crippen molar-refractivity contribution in [3.8, 4) is 0 Å². The number of pyridine rings is 1. The maximum atomic E-state index is 12.6. The number of nitrogens with zero attached hydrogens (tertiary/aromatic N) is 2. The van der Waals surface area contributed by atoms with Gasteiger partial charge in [-0.2, -0.15) is 0 Å². The van der Waals surface area contributed by atoms with Crippen molar-refractivity contribution >= 4 is 33.4 Å². The molecule has 1 amide bonds. The van der Waals surface area contributed by atoms with Gasteiger partial charge in [-0.25, -0.2) is 4.98 Å². The Morgan fingerprint density at radius 1 is 1.13 bits per heavy atom. The summed E-state index contributed by atoms with van der Waals surface area (Å²) in [5.74, 6) is -0.154. The third kappa shape index (κ3) is 2.71. The highest BCUT2D eigenvalue weighted by Gasteiger charge is 2.16. The fraction of sp³-hybridized carbons (Fsp3) is 0.222. The predicted molar refractivity (Wildman–Crippen MR) is 94.3 cm³/mol. The van der Waals surface area contributed by atoms with Crippen LogP contribution in [0.3, 0.4) is 0 Å². The summed E-state index contributed by atoms with van der Waals surface area (Å²) in [6, 6.07) is 13.2. The van der Waals surface area contributed by atoms with Crippen molar-refractivity contribution in [2.75, 3.05) is 19.8 Å². The molecule has 0 spiro atoms. The van der Waals surface area contributed by atoms with Gasteiger partial charge in [-0.05, 0) is 33.2 Å². The summed E-state index contributed by atoms with van der Waals surface area (Å²) < 4.78 is 0. The first kappa shape index (κ1) is 15.2. The van der Waals surface area contributed by atoms with E-state index in [9.17, 15) is 4.79 Å². The topological polar surface area (TPSA) is 71.2 Å². The zero-order valence-corrected chi connectivity index (χ0v) is 13.5. The first-order valence-corrected chi connectivity index (χ1v) is 7.53. The molecule has 0 saturated heterocycles. The maximum absolute atomic E-state index is 12.6. The summed E-state index contributed by atoms with van der Waals surface area (Å²) in [6.07, 6.45) is -0.0736. The number of nitrogens with one attached hydrogen (secondary N) is 1. The summed E-state index contributed by atoms with van der Waals surface area (Å²) in [7, 11) is 3.83. The number of fused-ring (bicyclic) bond motifs is 2. The van der Waals surface area contributed by atoms with Gasteiger partial charge in [-0.15, -0.1) is 0 Å². The monoisotopic (exact) mass is 308 g/mol. The van der Waals surface area contributed by atoms with Gasteiger partial charge in [0, 0.05) is 10.8 Å². The van der Waals surface area contributed by atoms with E-state index in [0.29, 0.717) is 16.8 Å². The number of rotatable bonds is 3. The molecule has 118 valence electrons. The van der Waals surface area contributed by atoms with E-state index in [-0.39, 0.29) is 12.1 Å². The molecule has 23 heavy (non-hydrogen) atoms. The molecule has 0 radical (unpaired) electrons. The highest BCUT2D eigenvalue weighted by atomic mass is 16.1. The Bertz CT molecular complexity index is 889. The molecule has 3 aromatic rings. The number of hydrogen-bond donors (Lipinski definition) is 2. The fourth-order valence-electron chi connectivity index (χ4n) is 2.53. The van der Waals surface area contributed by atoms with E-state index < -0.39 is 0 Å². The molecule has 0 aliphatic heterocycles. The standard InChI is InChI=1S/C18H20N4O/c1-11(22(2)3)20-18(23)14-9-6-8-13-16(19)12-7-4-5-10-15(12)21-17(13)14/h4-11H,1-3H3,(H2,19,21)(H,20,23). The molecule has 5 heteroatoms. The lowest BCUT2D eigenvalue weighted by Gasteiger charge is -2.21. The zero-order valence-electron chi connectivity index (χ0n) is 13.5. The van der Waals surface area contributed by atoms with Gasteiger partial charge in [0.25, 0.3) is 5.91 Å². The number of carbonyl (C=O) groups excluding carboxylic acids is 1. The summed E-state index contributed by atoms with van der Waals surface area (Å²) in [4.78, 5) is 19.2. The van der Waals surface area contributed by atoms with Gasteiger partial charge < -0.3 is 11.1 Å². The van der Waals surface area contributed by atoms with E-state index in [0.717, 1.165) is 16.3 Å². The van der Waals surface area contributed by atoms with E-state index in [1.165, 1.54) is 0 Å². The molecule has 0 fully saturated rings. The number of amides is 1. The van der Waals surface area contributed by atoms with Crippen molar-refractivity contribution in [2.45, 2.75) is 13.1 Å². The molecule has 0 aliphatic rings. The van der Waals surface area contributed by atoms with Crippen LogP contribution in [-0.4, -0.2) is 36.1 Å². The SMILES string of the molecule is CC(NC(=O)c1cccc2c(N)c3ccccc3nc12)N(C)C. The average molecular weight is 308 g/mol. The van der Waals surface area contributed by atoms with Gasteiger partial charge in [0.05, 0.1) is 28.5 Å². The van der Waals surface area contributed by atoms with Crippen molar-refractivity contribution in [3.63, 3.8) is 0 Å². The summed E-state index contributed by atoms with van der Waals surface area (Å²) in [5, 5.41) is 4.66. The Balaban J connectivity index is 2.17. The number of aromatic nitrogens is 1. The van der Waals surface area contributed by atoms with Crippen LogP contribution in [0.15, 0.2) is 42.5 Å². The first-order valence-electron chi connectivity index (χ1n) is 7.53. The second-order valence-corrected chi connectivity index (χ2v) is 5.86. The third-order valence-corrected chi connectivity index (χ3v) is 4.11. The summed E-state index contributed by atoms with van der Waals surface area (Å²) in [5.41, 5.74) is 8.90. The Hall–Kier alpha value is -2.66. The van der Waals surface area contributed by atoms with E-state index >= 15 is 0 Å². The third-order valence-electron chi connectivity index (χ3n) is 4.11. The molecule has 3 rings (SSSR count). The molecule has 1 heterocycles. The van der Waals surface area contributed by atoms with Crippen LogP contribution in [0.5, 0.6) is 0 Å². The predicted octanol–water partition coefficient (Wildman–Crippen LogP) is 2.61. The molecule has 0 bridgehead atoms. The van der Waals surface area contributed by atoms with Crippen LogP contribution in [-0.2, 0) is 0 Å². The van der Waals surface area contributed by atoms with Gasteiger partial charge in [-0.1, -0.05) is 30.3 Å². The highest BCUT2D eigenvalue weighted by molar-refractivity contribution is 6.13. The fourth-order valence-corrected chi connectivity index (χ4v) is 2.53. The van der Waals surface area contributed by atoms with Crippen molar-refractivity contribution < 1.29 is 4.79 Å². The van der Waals surface area contributed by atoms with E-state index in [2.05, 4.69) is 10.3 Å².